The van der Waals surface area contributed by atoms with Gasteiger partial charge in [0.05, 0.1) is 4.92 Å². The van der Waals surface area contributed by atoms with Crippen LogP contribution in [-0.2, 0) is 0 Å². The molecule has 1 aromatic rings. The van der Waals surface area contributed by atoms with Gasteiger partial charge in [0.15, 0.2) is 0 Å². The van der Waals surface area contributed by atoms with Crippen molar-refractivity contribution in [1.82, 2.24) is 9.88 Å². The number of hydrogen-bond donors (Lipinski definition) is 2. The van der Waals surface area contributed by atoms with E-state index in [1.807, 2.05) is 6.92 Å². The molecule has 1 atom stereocenters. The molecule has 0 fully saturated rings. The van der Waals surface area contributed by atoms with Crippen LogP contribution in [0.15, 0.2) is 12.1 Å². The Hall–Kier alpha value is -1.89. The van der Waals surface area contributed by atoms with Gasteiger partial charge in [-0.25, -0.2) is 4.98 Å². The lowest BCUT2D eigenvalue weighted by atomic mass is 10.3. The second-order valence-electron chi connectivity index (χ2n) is 4.39. The molecule has 0 bridgehead atoms. The zero-order valence-corrected chi connectivity index (χ0v) is 11.6. The fraction of sp³-hybridized carbons (Fsp3) is 0.583. The van der Waals surface area contributed by atoms with Crippen LogP contribution in [-0.4, -0.2) is 40.5 Å². The van der Waals surface area contributed by atoms with E-state index in [0.29, 0.717) is 5.82 Å². The van der Waals surface area contributed by atoms with Crippen molar-refractivity contribution in [3.63, 3.8) is 0 Å². The molecule has 106 valence electrons. The summed E-state index contributed by atoms with van der Waals surface area (Å²) in [6.45, 7) is 9.11. The number of nitrogens with one attached hydrogen (secondary N) is 1. The second-order valence-corrected chi connectivity index (χ2v) is 4.39. The first-order valence-corrected chi connectivity index (χ1v) is 6.37. The third-order valence-electron chi connectivity index (χ3n) is 2.92. The molecular formula is C12H21N5O2. The number of aromatic nitrogens is 1. The smallest absolute Gasteiger partial charge is 0.311 e. The lowest BCUT2D eigenvalue weighted by molar-refractivity contribution is -0.384. The summed E-state index contributed by atoms with van der Waals surface area (Å²) in [5.41, 5.74) is 5.38. The predicted molar refractivity (Wildman–Crippen MR) is 76.2 cm³/mol. The summed E-state index contributed by atoms with van der Waals surface area (Å²) in [5.74, 6) is 0.493. The lowest BCUT2D eigenvalue weighted by Gasteiger charge is -2.23. The van der Waals surface area contributed by atoms with Gasteiger partial charge in [-0.2, -0.15) is 0 Å². The van der Waals surface area contributed by atoms with Crippen LogP contribution < -0.4 is 11.1 Å². The molecule has 7 heteroatoms. The van der Waals surface area contributed by atoms with Gasteiger partial charge >= 0.3 is 5.69 Å². The summed E-state index contributed by atoms with van der Waals surface area (Å²) < 4.78 is 0. The highest BCUT2D eigenvalue weighted by Gasteiger charge is 2.14. The summed E-state index contributed by atoms with van der Waals surface area (Å²) in [6.07, 6.45) is 0. The van der Waals surface area contributed by atoms with Gasteiger partial charge < -0.3 is 16.0 Å². The quantitative estimate of drug-likeness (QED) is 0.576. The summed E-state index contributed by atoms with van der Waals surface area (Å²) >= 11 is 0. The van der Waals surface area contributed by atoms with Crippen LogP contribution in [0.2, 0.25) is 0 Å². The van der Waals surface area contributed by atoms with E-state index in [9.17, 15) is 10.1 Å². The number of rotatable bonds is 7. The number of pyridine rings is 1. The Bertz CT molecular complexity index is 434. The number of hydrogen-bond acceptors (Lipinski definition) is 6. The SMILES string of the molecule is CCN(CC)CC(C)Nc1ccc([N+](=O)[O-])c(N)n1. The largest absolute Gasteiger partial charge is 0.378 e. The van der Waals surface area contributed by atoms with Crippen LogP contribution in [0.5, 0.6) is 0 Å². The van der Waals surface area contributed by atoms with Crippen molar-refractivity contribution in [1.29, 1.82) is 0 Å². The van der Waals surface area contributed by atoms with Gasteiger partial charge in [0.2, 0.25) is 5.82 Å². The van der Waals surface area contributed by atoms with Crippen molar-refractivity contribution < 1.29 is 4.92 Å². The van der Waals surface area contributed by atoms with E-state index in [0.717, 1.165) is 19.6 Å². The number of nitrogens with zero attached hydrogens (tertiary/aromatic N) is 3. The number of nitrogen functional groups attached to an aromatic ring is 1. The van der Waals surface area contributed by atoms with Crippen molar-refractivity contribution >= 4 is 17.3 Å². The number of likely N-dealkylation sites (N-methyl/N-ethyl adjacent to an activating group) is 1. The van der Waals surface area contributed by atoms with Crippen LogP contribution in [0.1, 0.15) is 20.8 Å². The van der Waals surface area contributed by atoms with Crippen LogP contribution >= 0.6 is 0 Å². The zero-order valence-electron chi connectivity index (χ0n) is 11.6. The van der Waals surface area contributed by atoms with Crippen molar-refractivity contribution in [2.24, 2.45) is 0 Å². The van der Waals surface area contributed by atoms with E-state index >= 15 is 0 Å². The fourth-order valence-corrected chi connectivity index (χ4v) is 1.87. The van der Waals surface area contributed by atoms with E-state index in [1.165, 1.54) is 6.07 Å². The minimum atomic E-state index is -0.536. The third kappa shape index (κ3) is 4.36. The molecular weight excluding hydrogens is 246 g/mol. The Kier molecular flexibility index (Phi) is 5.50. The van der Waals surface area contributed by atoms with Gasteiger partial charge in [0.1, 0.15) is 5.82 Å². The summed E-state index contributed by atoms with van der Waals surface area (Å²) in [6, 6.07) is 3.13. The maximum atomic E-state index is 10.6. The predicted octanol–water partition coefficient (Wildman–Crippen LogP) is 1.71. The molecule has 0 aliphatic carbocycles. The van der Waals surface area contributed by atoms with E-state index in [-0.39, 0.29) is 17.5 Å². The second kappa shape index (κ2) is 6.89. The number of anilines is 2. The van der Waals surface area contributed by atoms with Gasteiger partial charge in [0, 0.05) is 18.7 Å². The average Bonchev–Trinajstić information content (AvgIpc) is 2.35. The van der Waals surface area contributed by atoms with Crippen LogP contribution in [0.4, 0.5) is 17.3 Å². The van der Waals surface area contributed by atoms with Gasteiger partial charge in [0.25, 0.3) is 0 Å². The maximum Gasteiger partial charge on any atom is 0.311 e. The van der Waals surface area contributed by atoms with Crippen molar-refractivity contribution in [2.45, 2.75) is 26.8 Å². The molecule has 0 saturated carbocycles. The number of nitrogens with two attached hydrogens (primary N) is 1. The minimum Gasteiger partial charge on any atom is -0.378 e. The molecule has 0 spiro atoms. The number of nitro groups is 1. The molecule has 3 N–H and O–H groups in total. The molecule has 7 nitrogen and oxygen atoms in total. The lowest BCUT2D eigenvalue weighted by Crippen LogP contribution is -2.34. The van der Waals surface area contributed by atoms with Crippen LogP contribution in [0.3, 0.4) is 0 Å². The Balaban J connectivity index is 2.67. The maximum absolute atomic E-state index is 10.6. The van der Waals surface area contributed by atoms with Gasteiger partial charge in [-0.1, -0.05) is 13.8 Å². The zero-order chi connectivity index (χ0) is 14.4. The molecule has 0 aliphatic rings. The molecule has 1 heterocycles. The Morgan fingerprint density at radius 2 is 2.11 bits per heavy atom. The normalized spacial score (nSPS) is 12.4. The minimum absolute atomic E-state index is 0.0648. The summed E-state index contributed by atoms with van der Waals surface area (Å²) in [7, 11) is 0. The molecule has 0 aromatic carbocycles. The highest BCUT2D eigenvalue weighted by Crippen LogP contribution is 2.21. The topological polar surface area (TPSA) is 97.3 Å². The third-order valence-corrected chi connectivity index (χ3v) is 2.92. The molecule has 1 aromatic heterocycles. The molecule has 0 amide bonds. The van der Waals surface area contributed by atoms with E-state index in [1.54, 1.807) is 6.07 Å². The monoisotopic (exact) mass is 267 g/mol. The molecule has 19 heavy (non-hydrogen) atoms. The van der Waals surface area contributed by atoms with E-state index < -0.39 is 4.92 Å². The molecule has 0 aliphatic heterocycles. The fourth-order valence-electron chi connectivity index (χ4n) is 1.87. The first kappa shape index (κ1) is 15.2. The van der Waals surface area contributed by atoms with E-state index in [4.69, 9.17) is 5.73 Å². The van der Waals surface area contributed by atoms with Gasteiger partial charge in [-0.15, -0.1) is 0 Å². The highest BCUT2D eigenvalue weighted by molar-refractivity contribution is 5.57. The van der Waals surface area contributed by atoms with Crippen molar-refractivity contribution in [3.05, 3.63) is 22.2 Å². The Morgan fingerprint density at radius 1 is 1.47 bits per heavy atom. The first-order valence-electron chi connectivity index (χ1n) is 6.37. The molecule has 1 unspecified atom stereocenters. The van der Waals surface area contributed by atoms with Crippen LogP contribution in [0, 0.1) is 10.1 Å². The summed E-state index contributed by atoms with van der Waals surface area (Å²) in [4.78, 5) is 16.4. The highest BCUT2D eigenvalue weighted by atomic mass is 16.6. The summed E-state index contributed by atoms with van der Waals surface area (Å²) in [5, 5.41) is 13.8. The van der Waals surface area contributed by atoms with Crippen LogP contribution in [0.25, 0.3) is 0 Å². The molecule has 0 radical (unpaired) electrons. The average molecular weight is 267 g/mol. The molecule has 0 saturated heterocycles. The standard InChI is InChI=1S/C12H21N5O2/c1-4-16(5-2)8-9(3)14-11-7-6-10(17(18)19)12(13)15-11/h6-7,9H,4-5,8H2,1-3H3,(H3,13,14,15). The first-order chi connectivity index (χ1) is 8.97. The van der Waals surface area contributed by atoms with Gasteiger partial charge in [-0.05, 0) is 26.1 Å². The Morgan fingerprint density at radius 3 is 2.58 bits per heavy atom. The van der Waals surface area contributed by atoms with E-state index in [2.05, 4.69) is 29.0 Å². The molecule has 1 rings (SSSR count). The van der Waals surface area contributed by atoms with Crippen molar-refractivity contribution in [2.75, 3.05) is 30.7 Å². The van der Waals surface area contributed by atoms with Gasteiger partial charge in [-0.3, -0.25) is 10.1 Å². The Labute approximate surface area is 113 Å². The van der Waals surface area contributed by atoms with Crippen molar-refractivity contribution in [3.8, 4) is 0 Å².